The lowest BCUT2D eigenvalue weighted by atomic mass is 9.81. The van der Waals surface area contributed by atoms with E-state index in [9.17, 15) is 81.3 Å². The summed E-state index contributed by atoms with van der Waals surface area (Å²) >= 11 is 0. The van der Waals surface area contributed by atoms with E-state index in [1.54, 1.807) is 27.7 Å². The number of hydrogen-bond acceptors (Lipinski definition) is 21. The maximum absolute atomic E-state index is 15.5. The van der Waals surface area contributed by atoms with E-state index in [1.807, 2.05) is 6.92 Å². The first-order valence-electron chi connectivity index (χ1n) is 36.8. The third kappa shape index (κ3) is 20.7. The summed E-state index contributed by atoms with van der Waals surface area (Å²) in [5.74, 6) is -8.71. The largest absolute Gasteiger partial charge is 0.481 e. The Kier molecular flexibility index (Phi) is 27.9. The van der Waals surface area contributed by atoms with Crippen molar-refractivity contribution in [1.29, 1.82) is 0 Å². The number of carboxylic acids is 2. The number of carbonyl (C=O) groups excluding carboxylic acids is 9. The van der Waals surface area contributed by atoms with E-state index in [4.69, 9.17) is 28.7 Å². The highest BCUT2D eigenvalue weighted by molar-refractivity contribution is 7.92. The number of cyclic esters (lactones) is 1. The van der Waals surface area contributed by atoms with Crippen LogP contribution in [0, 0.1) is 18.7 Å². The fraction of sp³-hybridized carbons (Fsp3) is 0.434. The number of fused-ring (bicyclic) bond motifs is 5. The van der Waals surface area contributed by atoms with Crippen LogP contribution in [0.3, 0.4) is 0 Å². The van der Waals surface area contributed by atoms with Crippen molar-refractivity contribution in [2.45, 2.75) is 146 Å². The number of ether oxygens (including phenoxy) is 5. The topological polar surface area (TPSA) is 487 Å². The van der Waals surface area contributed by atoms with Gasteiger partial charge in [0.25, 0.3) is 21.5 Å². The second kappa shape index (κ2) is 37.6. The number of nitrogens with one attached hydrogen (secondary N) is 10. The molecule has 0 radical (unpaired) electrons. The Morgan fingerprint density at radius 3 is 2.06 bits per heavy atom. The molecule has 4 aliphatic rings. The summed E-state index contributed by atoms with van der Waals surface area (Å²) in [6.45, 7) is 8.15. The number of aliphatic carboxylic acids is 2. The zero-order chi connectivity index (χ0) is 81.4. The minimum absolute atomic E-state index is 0.0146. The van der Waals surface area contributed by atoms with Gasteiger partial charge in [0.15, 0.2) is 12.2 Å². The van der Waals surface area contributed by atoms with Gasteiger partial charge >= 0.3 is 42.0 Å². The van der Waals surface area contributed by atoms with Gasteiger partial charge in [0.05, 0.1) is 98.5 Å². The summed E-state index contributed by atoms with van der Waals surface area (Å²) in [6, 6.07) is 12.4. The normalized spacial score (nSPS) is 16.7. The van der Waals surface area contributed by atoms with E-state index in [2.05, 4.69) is 52.6 Å². The molecule has 1 fully saturated rings. The number of urea groups is 3. The Bertz CT molecular complexity index is 4830. The molecule has 10 rings (SSSR count). The van der Waals surface area contributed by atoms with Crippen LogP contribution >= 0.6 is 0 Å². The van der Waals surface area contributed by atoms with Crippen LogP contribution in [0.5, 0.6) is 0 Å². The summed E-state index contributed by atoms with van der Waals surface area (Å²) < 4.78 is 73.4. The summed E-state index contributed by atoms with van der Waals surface area (Å²) in [6.07, 6.45) is 0.00750. The number of rotatable bonds is 36. The molecule has 5 heterocycles. The van der Waals surface area contributed by atoms with E-state index < -0.39 is 148 Å². The van der Waals surface area contributed by atoms with E-state index in [0.29, 0.717) is 64.8 Å². The van der Waals surface area contributed by atoms with Crippen molar-refractivity contribution in [1.82, 2.24) is 46.4 Å². The first-order valence-corrected chi connectivity index (χ1v) is 38.3. The van der Waals surface area contributed by atoms with Crippen molar-refractivity contribution in [2.24, 2.45) is 5.92 Å². The summed E-state index contributed by atoms with van der Waals surface area (Å²) in [4.78, 5) is 163. The molecule has 113 heavy (non-hydrogen) atoms. The Hall–Kier alpha value is -11.7. The molecule has 0 unspecified atom stereocenters. The van der Waals surface area contributed by atoms with E-state index in [0.717, 1.165) is 4.90 Å². The lowest BCUT2D eigenvalue weighted by Crippen LogP contribution is -2.56. The minimum atomic E-state index is -4.20. The van der Waals surface area contributed by atoms with Crippen LogP contribution in [0.15, 0.2) is 94.6 Å². The highest BCUT2D eigenvalue weighted by atomic mass is 32.2. The van der Waals surface area contributed by atoms with Gasteiger partial charge < -0.3 is 96.3 Å². The number of sulfonamides is 1. The number of halogens is 1. The molecule has 3 aliphatic heterocycles. The number of aryl methyl sites for hydroxylation is 1. The van der Waals surface area contributed by atoms with Gasteiger partial charge in [-0.3, -0.25) is 38.3 Å². The number of pyridine rings is 2. The van der Waals surface area contributed by atoms with Gasteiger partial charge in [-0.05, 0) is 134 Å². The van der Waals surface area contributed by atoms with Gasteiger partial charge in [-0.2, -0.15) is 0 Å². The molecule has 37 heteroatoms. The zero-order valence-electron chi connectivity index (χ0n) is 62.6. The number of amides is 10. The molecule has 0 saturated carbocycles. The number of hydrogen-bond donors (Lipinski definition) is 13. The maximum Gasteiger partial charge on any atom is 0.343 e. The van der Waals surface area contributed by atoms with E-state index >= 15 is 4.39 Å². The van der Waals surface area contributed by atoms with Crippen molar-refractivity contribution >= 4 is 109 Å². The summed E-state index contributed by atoms with van der Waals surface area (Å²) in [5.41, 5.74) is 1.79. The molecule has 6 atom stereocenters. The number of anilines is 4. The molecule has 2 aromatic heterocycles. The van der Waals surface area contributed by atoms with Gasteiger partial charge in [0.2, 0.25) is 17.7 Å². The van der Waals surface area contributed by atoms with Gasteiger partial charge in [-0.1, -0.05) is 45.9 Å². The lowest BCUT2D eigenvalue weighted by Gasteiger charge is -2.31. The summed E-state index contributed by atoms with van der Waals surface area (Å²) in [5, 5.41) is 55.2. The quantitative estimate of drug-likeness (QED) is 0.0177. The molecular formula is C76H90FN13O22S. The van der Waals surface area contributed by atoms with Crippen molar-refractivity contribution in [3.8, 4) is 11.4 Å². The van der Waals surface area contributed by atoms with Crippen LogP contribution in [0.1, 0.15) is 130 Å². The summed E-state index contributed by atoms with van der Waals surface area (Å²) in [7, 11) is -4.20. The molecule has 6 aromatic rings. The third-order valence-electron chi connectivity index (χ3n) is 19.4. The standard InChI is InChI=1S/C76H90FN13O22S/c1-6-23-78-73(102)82-46-12-9-14-48(33-46)113(106,107)88-47-13-8-11-43(32-47)55(36-62(93)94)86-75(104)81-45-18-16-44(17-19-45)80-74(103)79-24-27-109-29-31-110-30-28-108-26-22-60(91)84-57(37-63(95)96)70(99)89-25-10-15-58(89)68(97)87-66(41(3)4)71(100)111-40-61(92)83-54-21-20-49-42(5)53(77)35-56-64(49)65(54)50-38-90-59(67(50)85-56)34-52-51(69(90)98)39-112-72(101)76(52,105)7-2/h8-9,11-14,16-19,32-35,41,54-55,57-58,66,88,105H,6-7,10,15,20-31,36-40H2,1-5H3,(H,83,92)(H,84,91)(H,87,97)(H,93,94)(H,95,96)(H2,78,82,102)(H2,79,80,103)(H2,81,86,104)/t54-,55+,57-,58-,66-,76-/m0/s1. The maximum atomic E-state index is 15.5. The number of esters is 2. The fourth-order valence-electron chi connectivity index (χ4n) is 13.7. The molecular weight excluding hydrogens is 1500 g/mol. The number of aliphatic hydroxyl groups is 1. The van der Waals surface area contributed by atoms with Crippen LogP contribution in [-0.2, 0) is 97.2 Å². The van der Waals surface area contributed by atoms with Gasteiger partial charge in [0.1, 0.15) is 30.5 Å². The monoisotopic (exact) mass is 1590 g/mol. The predicted octanol–water partition coefficient (Wildman–Crippen LogP) is 5.20. The molecule has 1 aliphatic carbocycles. The van der Waals surface area contributed by atoms with Crippen LogP contribution in [0.25, 0.3) is 22.3 Å². The highest BCUT2D eigenvalue weighted by Gasteiger charge is 2.47. The molecule has 4 aromatic carbocycles. The molecule has 10 amide bonds. The first kappa shape index (κ1) is 83.8. The average Bonchev–Trinajstić information content (AvgIpc) is 1.61. The van der Waals surface area contributed by atoms with Crippen molar-refractivity contribution in [2.75, 3.05) is 86.6 Å². The second-order valence-electron chi connectivity index (χ2n) is 27.7. The highest BCUT2D eigenvalue weighted by Crippen LogP contribution is 2.46. The van der Waals surface area contributed by atoms with Crippen LogP contribution in [0.4, 0.5) is 41.5 Å². The van der Waals surface area contributed by atoms with Gasteiger partial charge in [0, 0.05) is 71.4 Å². The van der Waals surface area contributed by atoms with Gasteiger partial charge in [-0.25, -0.2) is 41.8 Å². The average molecular weight is 1590 g/mol. The Balaban J connectivity index is 0.605. The minimum Gasteiger partial charge on any atom is -0.481 e. The number of carboxylic acid groups (broad SMARTS) is 2. The zero-order valence-corrected chi connectivity index (χ0v) is 63.4. The first-order chi connectivity index (χ1) is 54.0. The number of carbonyl (C=O) groups is 11. The van der Waals surface area contributed by atoms with Crippen LogP contribution in [0.2, 0.25) is 0 Å². The Labute approximate surface area is 647 Å². The SMILES string of the molecule is CCCNC(=O)Nc1cccc(S(=O)(=O)Nc2cccc([C@@H](CC(=O)O)NC(=O)Nc3ccc(NC(=O)NCCOCCOCCOCCC(=O)N[C@@H](CC(=O)O)C(=O)N4CCC[C@H]4C(=O)N[C@H](C(=O)OCC(=O)N[C@H]4CCc5c(C)c(F)cc6nc7c(c4c56)Cn4c-7cc5c(c4=O)COC(=O)[C@]5(O)CC)C(C)C)cc3)c2)c1. The van der Waals surface area contributed by atoms with Crippen LogP contribution in [-0.4, -0.2) is 188 Å². The van der Waals surface area contributed by atoms with Crippen LogP contribution < -0.4 is 58.1 Å². The third-order valence-corrected chi connectivity index (χ3v) is 20.8. The number of benzene rings is 4. The number of likely N-dealkylation sites (tertiary alicyclic amines) is 1. The molecule has 13 N–H and O–H groups in total. The molecule has 0 bridgehead atoms. The smallest absolute Gasteiger partial charge is 0.343 e. The number of nitrogens with zero attached hydrogens (tertiary/aromatic N) is 3. The molecule has 0 spiro atoms. The van der Waals surface area contributed by atoms with Crippen molar-refractivity contribution in [3.63, 3.8) is 0 Å². The molecule has 1 saturated heterocycles. The number of aromatic nitrogens is 2. The Morgan fingerprint density at radius 1 is 0.726 bits per heavy atom. The lowest BCUT2D eigenvalue weighted by molar-refractivity contribution is -0.172. The Morgan fingerprint density at radius 2 is 1.38 bits per heavy atom. The fourth-order valence-corrected chi connectivity index (χ4v) is 14.8. The van der Waals surface area contributed by atoms with E-state index in [-0.39, 0.29) is 141 Å². The second-order valence-corrected chi connectivity index (χ2v) is 29.3. The predicted molar refractivity (Wildman–Crippen MR) is 404 cm³/mol. The molecule has 35 nitrogen and oxygen atoms in total. The van der Waals surface area contributed by atoms with Crippen molar-refractivity contribution in [3.05, 3.63) is 140 Å². The van der Waals surface area contributed by atoms with E-state index in [1.165, 1.54) is 89.5 Å². The van der Waals surface area contributed by atoms with Crippen molar-refractivity contribution < 1.29 is 105 Å². The van der Waals surface area contributed by atoms with Gasteiger partial charge in [-0.15, -0.1) is 0 Å². The molecule has 604 valence electrons.